The van der Waals surface area contributed by atoms with Gasteiger partial charge in [-0.15, -0.1) is 11.8 Å². The molecule has 2 heterocycles. The fourth-order valence-electron chi connectivity index (χ4n) is 3.39. The van der Waals surface area contributed by atoms with Crippen molar-refractivity contribution < 1.29 is 9.18 Å². The average Bonchev–Trinajstić information content (AvgIpc) is 3.15. The van der Waals surface area contributed by atoms with Crippen LogP contribution in [-0.4, -0.2) is 33.0 Å². The number of thioether (sulfide) groups is 2. The van der Waals surface area contributed by atoms with E-state index in [1.54, 1.807) is 12.1 Å². The van der Waals surface area contributed by atoms with Crippen LogP contribution >= 0.6 is 23.5 Å². The van der Waals surface area contributed by atoms with Crippen LogP contribution in [0, 0.1) is 5.82 Å². The molecule has 0 aliphatic carbocycles. The first-order valence-electron chi connectivity index (χ1n) is 10.0. The molecule has 1 aromatic heterocycles. The number of halogens is 1. The number of nitrogens with one attached hydrogen (secondary N) is 1. The van der Waals surface area contributed by atoms with Crippen LogP contribution in [-0.2, 0) is 17.6 Å². The summed E-state index contributed by atoms with van der Waals surface area (Å²) in [6, 6.07) is 15.7. The van der Waals surface area contributed by atoms with Crippen LogP contribution in [0.4, 0.5) is 4.39 Å². The monoisotopic (exact) mass is 455 g/mol. The molecule has 0 bridgehead atoms. The van der Waals surface area contributed by atoms with Crippen LogP contribution in [0.1, 0.15) is 18.2 Å². The Morgan fingerprint density at radius 1 is 1.23 bits per heavy atom. The van der Waals surface area contributed by atoms with Crippen LogP contribution in [0.5, 0.6) is 0 Å². The van der Waals surface area contributed by atoms with Crippen molar-refractivity contribution in [1.29, 1.82) is 0 Å². The number of hydrogen-bond acceptors (Lipinski definition) is 5. The van der Waals surface area contributed by atoms with E-state index in [0.29, 0.717) is 22.3 Å². The molecule has 1 aliphatic heterocycles. The maximum absolute atomic E-state index is 13.4. The molecule has 4 rings (SSSR count). The molecule has 2 aromatic carbocycles. The highest BCUT2D eigenvalue weighted by atomic mass is 32.2. The Balaban J connectivity index is 1.50. The van der Waals surface area contributed by atoms with E-state index in [0.717, 1.165) is 24.1 Å². The lowest BCUT2D eigenvalue weighted by Gasteiger charge is -2.13. The van der Waals surface area contributed by atoms with Gasteiger partial charge < -0.3 is 5.32 Å². The van der Waals surface area contributed by atoms with Crippen molar-refractivity contribution in [3.8, 4) is 5.69 Å². The van der Waals surface area contributed by atoms with E-state index in [9.17, 15) is 14.0 Å². The minimum atomic E-state index is -0.374. The lowest BCUT2D eigenvalue weighted by atomic mass is 10.1. The second kappa shape index (κ2) is 9.70. The van der Waals surface area contributed by atoms with Crippen LogP contribution in [0.25, 0.3) is 5.69 Å². The number of benzene rings is 2. The molecule has 0 unspecified atom stereocenters. The topological polar surface area (TPSA) is 64.0 Å². The number of hydrogen-bond donors (Lipinski definition) is 1. The molecule has 31 heavy (non-hydrogen) atoms. The molecular weight excluding hydrogens is 433 g/mol. The molecule has 8 heteroatoms. The minimum Gasteiger partial charge on any atom is -0.355 e. The van der Waals surface area contributed by atoms with Crippen molar-refractivity contribution in [3.05, 3.63) is 82.0 Å². The number of carbonyl (C=O) groups is 1. The predicted octanol–water partition coefficient (Wildman–Crippen LogP) is 3.86. The van der Waals surface area contributed by atoms with Crippen molar-refractivity contribution in [2.24, 2.45) is 0 Å². The molecule has 1 N–H and O–H groups in total. The summed E-state index contributed by atoms with van der Waals surface area (Å²) in [5, 5.41) is 3.64. The van der Waals surface area contributed by atoms with Crippen molar-refractivity contribution in [1.82, 2.24) is 14.9 Å². The minimum absolute atomic E-state index is 0.121. The van der Waals surface area contributed by atoms with Gasteiger partial charge in [-0.1, -0.05) is 49.0 Å². The van der Waals surface area contributed by atoms with Crippen LogP contribution < -0.4 is 10.9 Å². The number of aromatic nitrogens is 2. The molecule has 1 atom stereocenters. The molecule has 160 valence electrons. The van der Waals surface area contributed by atoms with E-state index in [-0.39, 0.29) is 28.3 Å². The van der Waals surface area contributed by atoms with E-state index in [4.69, 9.17) is 4.98 Å². The highest BCUT2D eigenvalue weighted by Gasteiger charge is 2.27. The molecule has 1 aliphatic rings. The zero-order valence-electron chi connectivity index (χ0n) is 17.0. The van der Waals surface area contributed by atoms with Crippen LogP contribution in [0.2, 0.25) is 0 Å². The molecule has 0 radical (unpaired) electrons. The van der Waals surface area contributed by atoms with Crippen molar-refractivity contribution in [2.75, 3.05) is 12.3 Å². The van der Waals surface area contributed by atoms with E-state index in [2.05, 4.69) is 12.2 Å². The molecule has 0 saturated heterocycles. The Bertz CT molecular complexity index is 1130. The van der Waals surface area contributed by atoms with Crippen LogP contribution in [0.3, 0.4) is 0 Å². The summed E-state index contributed by atoms with van der Waals surface area (Å²) in [6.07, 6.45) is 1.47. The number of carbonyl (C=O) groups excluding carboxylic acids is 1. The van der Waals surface area contributed by atoms with E-state index in [1.807, 2.05) is 30.3 Å². The number of nitrogens with zero attached hydrogens (tertiary/aromatic N) is 2. The lowest BCUT2D eigenvalue weighted by molar-refractivity contribution is -0.118. The summed E-state index contributed by atoms with van der Waals surface area (Å²) in [4.78, 5) is 30.9. The summed E-state index contributed by atoms with van der Waals surface area (Å²) >= 11 is 2.73. The third-order valence-corrected chi connectivity index (χ3v) is 7.03. The van der Waals surface area contributed by atoms with E-state index < -0.39 is 0 Å². The average molecular weight is 456 g/mol. The maximum atomic E-state index is 13.4. The Kier molecular flexibility index (Phi) is 6.77. The number of fused-ring (bicyclic) bond motifs is 1. The summed E-state index contributed by atoms with van der Waals surface area (Å²) in [6.45, 7) is 2.60. The molecule has 5 nitrogen and oxygen atoms in total. The standard InChI is InChI=1S/C23H22FN3O2S2/c1-15-13-19-21(31-15)22(29)27(18-9-7-17(24)8-10-18)23(26-19)30-14-20(28)25-12-11-16-5-3-2-4-6-16/h2-10,15H,11-14H2,1H3,(H,25,28)/t15-/m0/s1. The van der Waals surface area contributed by atoms with Gasteiger partial charge in [-0.25, -0.2) is 9.37 Å². The van der Waals surface area contributed by atoms with Gasteiger partial charge in [0.15, 0.2) is 5.16 Å². The highest BCUT2D eigenvalue weighted by Crippen LogP contribution is 2.34. The zero-order valence-corrected chi connectivity index (χ0v) is 18.6. The van der Waals surface area contributed by atoms with E-state index >= 15 is 0 Å². The third-order valence-electron chi connectivity index (χ3n) is 4.88. The normalized spacial score (nSPS) is 15.0. The van der Waals surface area contributed by atoms with Gasteiger partial charge in [0.05, 0.1) is 22.0 Å². The highest BCUT2D eigenvalue weighted by molar-refractivity contribution is 8.00. The second-order valence-electron chi connectivity index (χ2n) is 7.29. The summed E-state index contributed by atoms with van der Waals surface area (Å²) in [7, 11) is 0. The third kappa shape index (κ3) is 5.19. The Morgan fingerprint density at radius 3 is 2.71 bits per heavy atom. The first-order chi connectivity index (χ1) is 15.0. The first kappa shape index (κ1) is 21.6. The van der Waals surface area contributed by atoms with Gasteiger partial charge in [0.2, 0.25) is 5.91 Å². The summed E-state index contributed by atoms with van der Waals surface area (Å²) in [5.74, 6) is -0.353. The van der Waals surface area contributed by atoms with Crippen molar-refractivity contribution >= 4 is 29.4 Å². The fraction of sp³-hybridized carbons (Fsp3) is 0.261. The van der Waals surface area contributed by atoms with Gasteiger partial charge in [0, 0.05) is 18.2 Å². The lowest BCUT2D eigenvalue weighted by Crippen LogP contribution is -2.28. The van der Waals surface area contributed by atoms with Crippen LogP contribution in [0.15, 0.2) is 69.4 Å². The molecule has 0 saturated carbocycles. The largest absolute Gasteiger partial charge is 0.355 e. The van der Waals surface area contributed by atoms with Crippen molar-refractivity contribution in [3.63, 3.8) is 0 Å². The number of rotatable bonds is 7. The quantitative estimate of drug-likeness (QED) is 0.433. The molecule has 3 aromatic rings. The molecule has 0 spiro atoms. The first-order valence-corrected chi connectivity index (χ1v) is 11.9. The second-order valence-corrected chi connectivity index (χ2v) is 9.69. The van der Waals surface area contributed by atoms with E-state index in [1.165, 1.54) is 40.2 Å². The van der Waals surface area contributed by atoms with Gasteiger partial charge in [0.1, 0.15) is 5.82 Å². The van der Waals surface area contributed by atoms with Gasteiger partial charge >= 0.3 is 0 Å². The Morgan fingerprint density at radius 2 is 1.97 bits per heavy atom. The smallest absolute Gasteiger partial charge is 0.272 e. The zero-order chi connectivity index (χ0) is 21.8. The Hall–Kier alpha value is -2.58. The van der Waals surface area contributed by atoms with Crippen molar-refractivity contribution in [2.45, 2.75) is 35.1 Å². The molecule has 1 amide bonds. The SMILES string of the molecule is C[C@H]1Cc2nc(SCC(=O)NCCc3ccccc3)n(-c3ccc(F)cc3)c(=O)c2S1. The van der Waals surface area contributed by atoms with Gasteiger partial charge in [-0.05, 0) is 36.2 Å². The fourth-order valence-corrected chi connectivity index (χ4v) is 5.34. The predicted molar refractivity (Wildman–Crippen MR) is 123 cm³/mol. The summed E-state index contributed by atoms with van der Waals surface area (Å²) < 4.78 is 14.9. The van der Waals surface area contributed by atoms with Gasteiger partial charge in [-0.3, -0.25) is 14.2 Å². The van der Waals surface area contributed by atoms with Gasteiger partial charge in [-0.2, -0.15) is 0 Å². The molecular formula is C23H22FN3O2S2. The molecule has 0 fully saturated rings. The number of amides is 1. The van der Waals surface area contributed by atoms with Gasteiger partial charge in [0.25, 0.3) is 5.56 Å². The summed E-state index contributed by atoms with van der Waals surface area (Å²) in [5.41, 5.74) is 2.30. The Labute approximate surface area is 188 Å². The maximum Gasteiger partial charge on any atom is 0.272 e.